The molecule has 0 bridgehead atoms. The van der Waals surface area contributed by atoms with Crippen LogP contribution in [0.25, 0.3) is 0 Å². The second kappa shape index (κ2) is 5.68. The minimum Gasteiger partial charge on any atom is -0.388 e. The predicted molar refractivity (Wildman–Crippen MR) is 72.9 cm³/mol. The van der Waals surface area contributed by atoms with E-state index in [1.54, 1.807) is 0 Å². The van der Waals surface area contributed by atoms with Gasteiger partial charge in [0.1, 0.15) is 5.82 Å². The number of anilines is 2. The van der Waals surface area contributed by atoms with E-state index in [1.807, 2.05) is 24.9 Å². The molecule has 0 aliphatic carbocycles. The lowest BCUT2D eigenvalue weighted by atomic mass is 9.94. The number of likely N-dealkylation sites (N-methyl/N-ethyl adjacent to an activating group) is 1. The van der Waals surface area contributed by atoms with Gasteiger partial charge in [0.2, 0.25) is 5.95 Å². The summed E-state index contributed by atoms with van der Waals surface area (Å²) in [4.78, 5) is 10.3. The Morgan fingerprint density at radius 3 is 2.79 bits per heavy atom. The maximum atomic E-state index is 10.5. The summed E-state index contributed by atoms with van der Waals surface area (Å²) in [7, 11) is 1.90. The van der Waals surface area contributed by atoms with Crippen molar-refractivity contribution in [3.05, 3.63) is 11.8 Å². The van der Waals surface area contributed by atoms with Crippen LogP contribution in [-0.4, -0.2) is 47.5 Å². The quantitative estimate of drug-likeness (QED) is 0.524. The van der Waals surface area contributed by atoms with Gasteiger partial charge in [-0.1, -0.05) is 0 Å². The Balaban J connectivity index is 2.10. The smallest absolute Gasteiger partial charge is 0.239 e. The summed E-state index contributed by atoms with van der Waals surface area (Å²) in [6.07, 6.45) is 1.28. The van der Waals surface area contributed by atoms with Crippen molar-refractivity contribution in [2.45, 2.75) is 25.4 Å². The number of ether oxygens (including phenoxy) is 1. The molecule has 0 amide bonds. The zero-order valence-electron chi connectivity index (χ0n) is 11.4. The van der Waals surface area contributed by atoms with Gasteiger partial charge in [-0.05, 0) is 6.92 Å². The van der Waals surface area contributed by atoms with Crippen LogP contribution in [0.15, 0.2) is 6.07 Å². The number of hydrogen-bond acceptors (Lipinski definition) is 7. The van der Waals surface area contributed by atoms with Crippen molar-refractivity contribution in [2.75, 3.05) is 37.1 Å². The van der Waals surface area contributed by atoms with Crippen LogP contribution in [0.5, 0.6) is 0 Å². The van der Waals surface area contributed by atoms with E-state index in [9.17, 15) is 5.11 Å². The molecule has 106 valence electrons. The number of nitrogens with zero attached hydrogens (tertiary/aromatic N) is 3. The molecule has 1 aromatic heterocycles. The number of nitrogens with one attached hydrogen (secondary N) is 1. The Kier molecular flexibility index (Phi) is 4.18. The molecule has 19 heavy (non-hydrogen) atoms. The van der Waals surface area contributed by atoms with Gasteiger partial charge in [0, 0.05) is 51.4 Å². The fourth-order valence-electron chi connectivity index (χ4n) is 2.24. The Morgan fingerprint density at radius 1 is 1.47 bits per heavy atom. The van der Waals surface area contributed by atoms with E-state index < -0.39 is 5.60 Å². The van der Waals surface area contributed by atoms with Gasteiger partial charge in [0.15, 0.2) is 0 Å². The van der Waals surface area contributed by atoms with Gasteiger partial charge in [-0.15, -0.1) is 0 Å². The first-order valence-corrected chi connectivity index (χ1v) is 6.36. The third kappa shape index (κ3) is 3.52. The van der Waals surface area contributed by atoms with Gasteiger partial charge in [0.25, 0.3) is 0 Å². The predicted octanol–water partition coefficient (Wildman–Crippen LogP) is 0.0483. The minimum atomic E-state index is -0.720. The number of hydrogen-bond donors (Lipinski definition) is 3. The lowest BCUT2D eigenvalue weighted by Crippen LogP contribution is -2.46. The first kappa shape index (κ1) is 14.0. The number of rotatable bonds is 4. The van der Waals surface area contributed by atoms with E-state index in [-0.39, 0.29) is 0 Å². The first-order valence-electron chi connectivity index (χ1n) is 6.36. The summed E-state index contributed by atoms with van der Waals surface area (Å²) in [5.41, 5.74) is 2.55. The summed E-state index contributed by atoms with van der Waals surface area (Å²) in [6.45, 7) is 3.59. The van der Waals surface area contributed by atoms with Crippen molar-refractivity contribution in [3.8, 4) is 0 Å². The van der Waals surface area contributed by atoms with Crippen LogP contribution in [0.2, 0.25) is 0 Å². The second-order valence-corrected chi connectivity index (χ2v) is 5.03. The number of aliphatic hydroxyl groups is 1. The Hall–Kier alpha value is -1.44. The molecule has 0 atom stereocenters. The van der Waals surface area contributed by atoms with Crippen LogP contribution in [0.1, 0.15) is 18.5 Å². The maximum Gasteiger partial charge on any atom is 0.239 e. The average Bonchev–Trinajstić information content (AvgIpc) is 2.38. The number of nitrogens with two attached hydrogens (primary N) is 1. The Morgan fingerprint density at radius 2 is 2.16 bits per heavy atom. The fraction of sp³-hybridized carbons (Fsp3) is 0.667. The Bertz CT molecular complexity index is 434. The van der Waals surface area contributed by atoms with E-state index in [1.165, 1.54) is 0 Å². The fourth-order valence-corrected chi connectivity index (χ4v) is 2.24. The average molecular weight is 267 g/mol. The van der Waals surface area contributed by atoms with E-state index >= 15 is 0 Å². The SMILES string of the molecule is Cc1cc(N(C)CC2(O)CCOCC2)nc(NN)n1. The third-order valence-electron chi connectivity index (χ3n) is 3.32. The first-order chi connectivity index (χ1) is 9.02. The van der Waals surface area contributed by atoms with Gasteiger partial charge in [-0.2, -0.15) is 4.98 Å². The Labute approximate surface area is 112 Å². The molecule has 0 radical (unpaired) electrons. The van der Waals surface area contributed by atoms with E-state index in [2.05, 4.69) is 15.4 Å². The lowest BCUT2D eigenvalue weighted by molar-refractivity contribution is -0.0573. The van der Waals surface area contributed by atoms with E-state index in [0.717, 1.165) is 11.5 Å². The van der Waals surface area contributed by atoms with Crippen molar-refractivity contribution in [1.82, 2.24) is 9.97 Å². The number of aromatic nitrogens is 2. The number of hydrazine groups is 1. The maximum absolute atomic E-state index is 10.5. The molecular formula is C12H21N5O2. The highest BCUT2D eigenvalue weighted by Gasteiger charge is 2.31. The standard InChI is InChI=1S/C12H21N5O2/c1-9-7-10(15-11(14-9)16-13)17(2)8-12(18)3-5-19-6-4-12/h7,18H,3-6,8,13H2,1-2H3,(H,14,15,16). The molecule has 0 aromatic carbocycles. The van der Waals surface area contributed by atoms with Gasteiger partial charge in [-0.25, -0.2) is 10.8 Å². The molecule has 7 heteroatoms. The van der Waals surface area contributed by atoms with Crippen molar-refractivity contribution in [2.24, 2.45) is 5.84 Å². The topological polar surface area (TPSA) is 96.5 Å². The van der Waals surface area contributed by atoms with E-state index in [0.29, 0.717) is 38.5 Å². The van der Waals surface area contributed by atoms with Gasteiger partial charge < -0.3 is 14.7 Å². The molecule has 1 aliphatic rings. The highest BCUT2D eigenvalue weighted by atomic mass is 16.5. The molecular weight excluding hydrogens is 246 g/mol. The highest BCUT2D eigenvalue weighted by molar-refractivity contribution is 5.44. The molecule has 1 saturated heterocycles. The monoisotopic (exact) mass is 267 g/mol. The van der Waals surface area contributed by atoms with Crippen molar-refractivity contribution in [1.29, 1.82) is 0 Å². The lowest BCUT2D eigenvalue weighted by Gasteiger charge is -2.35. The molecule has 0 unspecified atom stereocenters. The zero-order valence-corrected chi connectivity index (χ0v) is 11.4. The van der Waals surface area contributed by atoms with Crippen molar-refractivity contribution < 1.29 is 9.84 Å². The second-order valence-electron chi connectivity index (χ2n) is 5.03. The molecule has 1 fully saturated rings. The summed E-state index contributed by atoms with van der Waals surface area (Å²) in [5, 5.41) is 10.5. The van der Waals surface area contributed by atoms with Crippen LogP contribution in [0, 0.1) is 6.92 Å². The third-order valence-corrected chi connectivity index (χ3v) is 3.32. The summed E-state index contributed by atoms with van der Waals surface area (Å²) in [5.74, 6) is 6.45. The van der Waals surface area contributed by atoms with Crippen LogP contribution in [0.3, 0.4) is 0 Å². The normalized spacial score (nSPS) is 18.1. The molecule has 2 rings (SSSR count). The van der Waals surface area contributed by atoms with Crippen molar-refractivity contribution >= 4 is 11.8 Å². The molecule has 2 heterocycles. The van der Waals surface area contributed by atoms with E-state index in [4.69, 9.17) is 10.6 Å². The van der Waals surface area contributed by atoms with Gasteiger partial charge in [0.05, 0.1) is 5.60 Å². The van der Waals surface area contributed by atoms with Crippen molar-refractivity contribution in [3.63, 3.8) is 0 Å². The van der Waals surface area contributed by atoms with Crippen LogP contribution in [-0.2, 0) is 4.74 Å². The molecule has 1 aromatic rings. The minimum absolute atomic E-state index is 0.376. The molecule has 0 saturated carbocycles. The molecule has 4 N–H and O–H groups in total. The zero-order chi connectivity index (χ0) is 13.9. The summed E-state index contributed by atoms with van der Waals surface area (Å²) >= 11 is 0. The van der Waals surface area contributed by atoms with Crippen LogP contribution < -0.4 is 16.2 Å². The molecule has 7 nitrogen and oxygen atoms in total. The van der Waals surface area contributed by atoms with Gasteiger partial charge in [-0.3, -0.25) is 5.43 Å². The largest absolute Gasteiger partial charge is 0.388 e. The number of aryl methyl sites for hydroxylation is 1. The molecule has 0 spiro atoms. The highest BCUT2D eigenvalue weighted by Crippen LogP contribution is 2.23. The van der Waals surface area contributed by atoms with Crippen LogP contribution >= 0.6 is 0 Å². The van der Waals surface area contributed by atoms with Crippen LogP contribution in [0.4, 0.5) is 11.8 Å². The summed E-state index contributed by atoms with van der Waals surface area (Å²) < 4.78 is 5.28. The number of nitrogen functional groups attached to an aromatic ring is 1. The van der Waals surface area contributed by atoms with Gasteiger partial charge >= 0.3 is 0 Å². The molecule has 1 aliphatic heterocycles. The summed E-state index contributed by atoms with van der Waals surface area (Å²) in [6, 6.07) is 1.86.